The molecular formula is C27H41NO8. The molecule has 0 saturated heterocycles. The quantitative estimate of drug-likeness (QED) is 0.257. The van der Waals surface area contributed by atoms with Crippen LogP contribution in [0.1, 0.15) is 91.5 Å². The summed E-state index contributed by atoms with van der Waals surface area (Å²) in [5.41, 5.74) is 6.53. The molecule has 0 aliphatic carbocycles. The average Bonchev–Trinajstić information content (AvgIpc) is 2.82. The number of carboxylic acids is 1. The molecule has 9 nitrogen and oxygen atoms in total. The van der Waals surface area contributed by atoms with E-state index in [1.165, 1.54) is 12.1 Å². The Bertz CT molecular complexity index is 898. The molecule has 0 aliphatic heterocycles. The van der Waals surface area contributed by atoms with Gasteiger partial charge in [0, 0.05) is 24.7 Å². The third-order valence-corrected chi connectivity index (χ3v) is 6.02. The van der Waals surface area contributed by atoms with Crippen LogP contribution in [-0.4, -0.2) is 41.1 Å². The summed E-state index contributed by atoms with van der Waals surface area (Å²) >= 11 is 0. The fraction of sp³-hybridized carbons (Fsp3) is 0.630. The standard InChI is InChI=1S/C27H41NO8/c1-7-9-11-22(29)35-20-14-13-19(15-21(20)36-23(30)12-10-8-2)24(25(28)26(31)32)17(5)18(6)34-27(33)16(3)4/h13-18,24-25H,7-12,28H2,1-6H3,(H,31,32)/t17?,18?,24?,25-/m0/s1. The van der Waals surface area contributed by atoms with Gasteiger partial charge in [-0.3, -0.25) is 19.2 Å². The van der Waals surface area contributed by atoms with Crippen LogP contribution in [-0.2, 0) is 23.9 Å². The van der Waals surface area contributed by atoms with Crippen molar-refractivity contribution in [2.75, 3.05) is 0 Å². The van der Waals surface area contributed by atoms with Gasteiger partial charge in [-0.25, -0.2) is 0 Å². The van der Waals surface area contributed by atoms with Gasteiger partial charge in [0.15, 0.2) is 11.5 Å². The highest BCUT2D eigenvalue weighted by Crippen LogP contribution is 2.37. The molecule has 0 radical (unpaired) electrons. The second-order valence-electron chi connectivity index (χ2n) is 9.41. The van der Waals surface area contributed by atoms with E-state index in [2.05, 4.69) is 0 Å². The number of esters is 3. The summed E-state index contributed by atoms with van der Waals surface area (Å²) in [6.45, 7) is 10.7. The van der Waals surface area contributed by atoms with Crippen LogP contribution in [0.3, 0.4) is 0 Å². The Hall–Kier alpha value is -2.94. The van der Waals surface area contributed by atoms with Crippen molar-refractivity contribution in [1.82, 2.24) is 0 Å². The minimum atomic E-state index is -1.33. The maximum atomic E-state index is 12.4. The van der Waals surface area contributed by atoms with Crippen molar-refractivity contribution in [2.45, 2.75) is 98.1 Å². The van der Waals surface area contributed by atoms with Crippen molar-refractivity contribution in [3.8, 4) is 11.5 Å². The van der Waals surface area contributed by atoms with Gasteiger partial charge in [0.25, 0.3) is 0 Å². The van der Waals surface area contributed by atoms with Crippen molar-refractivity contribution in [1.29, 1.82) is 0 Å². The van der Waals surface area contributed by atoms with Gasteiger partial charge in [-0.15, -0.1) is 0 Å². The highest BCUT2D eigenvalue weighted by atomic mass is 16.6. The fourth-order valence-electron chi connectivity index (χ4n) is 3.60. The number of carbonyl (C=O) groups excluding carboxylic acids is 3. The molecule has 0 aliphatic rings. The van der Waals surface area contributed by atoms with Crippen LogP contribution in [0.4, 0.5) is 0 Å². The smallest absolute Gasteiger partial charge is 0.321 e. The van der Waals surface area contributed by atoms with Gasteiger partial charge < -0.3 is 25.1 Å². The Kier molecular flexibility index (Phi) is 13.2. The van der Waals surface area contributed by atoms with E-state index in [1.54, 1.807) is 33.8 Å². The van der Waals surface area contributed by atoms with E-state index in [9.17, 15) is 24.3 Å². The lowest BCUT2D eigenvalue weighted by atomic mass is 9.79. The summed E-state index contributed by atoms with van der Waals surface area (Å²) in [5.74, 6) is -4.15. The van der Waals surface area contributed by atoms with Gasteiger partial charge in [0.1, 0.15) is 12.1 Å². The van der Waals surface area contributed by atoms with Crippen LogP contribution in [0, 0.1) is 11.8 Å². The first-order valence-electron chi connectivity index (χ1n) is 12.7. The number of aliphatic carboxylic acids is 1. The van der Waals surface area contributed by atoms with Crippen LogP contribution in [0.2, 0.25) is 0 Å². The van der Waals surface area contributed by atoms with Crippen LogP contribution in [0.15, 0.2) is 18.2 Å². The lowest BCUT2D eigenvalue weighted by Crippen LogP contribution is -2.43. The zero-order valence-corrected chi connectivity index (χ0v) is 22.2. The molecule has 0 fully saturated rings. The predicted octanol–water partition coefficient (Wildman–Crippen LogP) is 4.60. The molecule has 3 N–H and O–H groups in total. The summed E-state index contributed by atoms with van der Waals surface area (Å²) in [6, 6.07) is 3.21. The first kappa shape index (κ1) is 31.1. The minimum Gasteiger partial charge on any atom is -0.480 e. The Morgan fingerprint density at radius 1 is 0.889 bits per heavy atom. The molecule has 202 valence electrons. The molecule has 9 heteroatoms. The molecule has 1 rings (SSSR count). The highest BCUT2D eigenvalue weighted by molar-refractivity contribution is 5.77. The minimum absolute atomic E-state index is 0.0140. The summed E-state index contributed by atoms with van der Waals surface area (Å²) in [5, 5.41) is 9.69. The van der Waals surface area contributed by atoms with Crippen LogP contribution in [0.25, 0.3) is 0 Å². The monoisotopic (exact) mass is 507 g/mol. The third-order valence-electron chi connectivity index (χ3n) is 6.02. The van der Waals surface area contributed by atoms with Crippen molar-refractivity contribution in [3.05, 3.63) is 23.8 Å². The second-order valence-corrected chi connectivity index (χ2v) is 9.41. The van der Waals surface area contributed by atoms with Crippen molar-refractivity contribution < 1.29 is 38.5 Å². The molecule has 0 spiro atoms. The normalized spacial score (nSPS) is 14.4. The van der Waals surface area contributed by atoms with E-state index >= 15 is 0 Å². The van der Waals surface area contributed by atoms with Gasteiger partial charge in [-0.05, 0) is 37.5 Å². The molecule has 36 heavy (non-hydrogen) atoms. The fourth-order valence-corrected chi connectivity index (χ4v) is 3.60. The van der Waals surface area contributed by atoms with Crippen molar-refractivity contribution in [2.24, 2.45) is 17.6 Å². The Morgan fingerprint density at radius 2 is 1.42 bits per heavy atom. The molecule has 4 atom stereocenters. The molecule has 1 aromatic carbocycles. The molecule has 0 amide bonds. The van der Waals surface area contributed by atoms with Gasteiger partial charge in [-0.1, -0.05) is 53.5 Å². The van der Waals surface area contributed by atoms with Gasteiger partial charge in [0.2, 0.25) is 0 Å². The van der Waals surface area contributed by atoms with Crippen LogP contribution >= 0.6 is 0 Å². The van der Waals surface area contributed by atoms with Gasteiger partial charge >= 0.3 is 23.9 Å². The lowest BCUT2D eigenvalue weighted by molar-refractivity contribution is -0.155. The summed E-state index contributed by atoms with van der Waals surface area (Å²) in [4.78, 5) is 48.6. The van der Waals surface area contributed by atoms with Gasteiger partial charge in [0.05, 0.1) is 5.92 Å². The highest BCUT2D eigenvalue weighted by Gasteiger charge is 2.36. The van der Waals surface area contributed by atoms with Crippen LogP contribution < -0.4 is 15.2 Å². The summed E-state index contributed by atoms with van der Waals surface area (Å²) in [7, 11) is 0. The van der Waals surface area contributed by atoms with E-state index in [0.717, 1.165) is 12.8 Å². The van der Waals surface area contributed by atoms with E-state index in [1.807, 2.05) is 13.8 Å². The number of rotatable bonds is 15. The molecule has 0 bridgehead atoms. The number of nitrogens with two attached hydrogens (primary N) is 1. The largest absolute Gasteiger partial charge is 0.480 e. The molecule has 0 aromatic heterocycles. The van der Waals surface area contributed by atoms with Gasteiger partial charge in [-0.2, -0.15) is 0 Å². The second kappa shape index (κ2) is 15.2. The first-order chi connectivity index (χ1) is 16.9. The lowest BCUT2D eigenvalue weighted by Gasteiger charge is -2.32. The average molecular weight is 508 g/mol. The molecule has 1 aromatic rings. The summed E-state index contributed by atoms with van der Waals surface area (Å²) < 4.78 is 16.5. The van der Waals surface area contributed by atoms with Crippen LogP contribution in [0.5, 0.6) is 11.5 Å². The predicted molar refractivity (Wildman–Crippen MR) is 135 cm³/mol. The maximum absolute atomic E-state index is 12.4. The Labute approximate surface area is 213 Å². The maximum Gasteiger partial charge on any atom is 0.321 e. The molecule has 0 heterocycles. The molecule has 0 saturated carbocycles. The number of benzene rings is 1. The molecular weight excluding hydrogens is 466 g/mol. The first-order valence-corrected chi connectivity index (χ1v) is 12.7. The number of carbonyl (C=O) groups is 4. The zero-order chi connectivity index (χ0) is 27.4. The van der Waals surface area contributed by atoms with Crippen molar-refractivity contribution in [3.63, 3.8) is 0 Å². The third kappa shape index (κ3) is 9.60. The summed E-state index contributed by atoms with van der Waals surface area (Å²) in [6.07, 6.45) is 2.66. The number of hydrogen-bond acceptors (Lipinski definition) is 8. The van der Waals surface area contributed by atoms with E-state index in [0.29, 0.717) is 18.4 Å². The Morgan fingerprint density at radius 3 is 1.89 bits per heavy atom. The number of ether oxygens (including phenoxy) is 3. The van der Waals surface area contributed by atoms with E-state index in [-0.39, 0.29) is 30.3 Å². The zero-order valence-electron chi connectivity index (χ0n) is 22.2. The topological polar surface area (TPSA) is 142 Å². The number of carboxylic acid groups (broad SMARTS) is 1. The Balaban J connectivity index is 3.41. The van der Waals surface area contributed by atoms with Crippen molar-refractivity contribution >= 4 is 23.9 Å². The van der Waals surface area contributed by atoms with E-state index in [4.69, 9.17) is 19.9 Å². The molecule has 3 unspecified atom stereocenters. The van der Waals surface area contributed by atoms with E-state index < -0.39 is 47.9 Å². The SMILES string of the molecule is CCCCC(=O)Oc1ccc(C(C(C)C(C)OC(=O)C(C)C)[C@H](N)C(=O)O)cc1OC(=O)CCCC. The number of hydrogen-bond donors (Lipinski definition) is 2. The number of unbranched alkanes of at least 4 members (excludes halogenated alkanes) is 2.